The highest BCUT2D eigenvalue weighted by Crippen LogP contribution is 2.40. The van der Waals surface area contributed by atoms with E-state index < -0.39 is 53.7 Å². The Morgan fingerprint density at radius 2 is 1.46 bits per heavy atom. The lowest BCUT2D eigenvalue weighted by Crippen LogP contribution is -2.56. The van der Waals surface area contributed by atoms with Crippen molar-refractivity contribution >= 4 is 29.5 Å². The minimum Gasteiger partial charge on any atom is -0.492 e. The molecule has 67 heavy (non-hydrogen) atoms. The molecule has 0 spiro atoms. The van der Waals surface area contributed by atoms with Gasteiger partial charge in [0, 0.05) is 43.2 Å². The highest BCUT2D eigenvalue weighted by Gasteiger charge is 2.36. The Hall–Kier alpha value is -6.94. The van der Waals surface area contributed by atoms with Gasteiger partial charge < -0.3 is 52.8 Å². The maximum atomic E-state index is 14.7. The van der Waals surface area contributed by atoms with Gasteiger partial charge in [0.25, 0.3) is 5.91 Å². The fourth-order valence-electron chi connectivity index (χ4n) is 8.70. The first kappa shape index (κ1) is 49.5. The van der Waals surface area contributed by atoms with Crippen LogP contribution in [0.25, 0.3) is 22.5 Å². The van der Waals surface area contributed by atoms with E-state index in [-0.39, 0.29) is 57.8 Å². The summed E-state index contributed by atoms with van der Waals surface area (Å²) in [5.74, 6) is -1.50. The van der Waals surface area contributed by atoms with Crippen LogP contribution in [0, 0.1) is 25.2 Å². The van der Waals surface area contributed by atoms with Gasteiger partial charge in [-0.3, -0.25) is 24.0 Å². The van der Waals surface area contributed by atoms with Crippen molar-refractivity contribution < 1.29 is 33.4 Å². The third kappa shape index (κ3) is 11.9. The van der Waals surface area contributed by atoms with Crippen molar-refractivity contribution in [2.24, 2.45) is 17.2 Å². The van der Waals surface area contributed by atoms with E-state index >= 15 is 0 Å². The molecule has 1 aliphatic heterocycles. The average Bonchev–Trinajstić information content (AvgIpc) is 3.87. The Morgan fingerprint density at radius 3 is 2.07 bits per heavy atom. The van der Waals surface area contributed by atoms with E-state index in [1.165, 1.54) is 50.1 Å². The second kappa shape index (κ2) is 23.0. The zero-order chi connectivity index (χ0) is 48.2. The Bertz CT molecular complexity index is 2460. The average molecular weight is 916 g/mol. The number of nitriles is 1. The van der Waals surface area contributed by atoms with E-state index in [9.17, 15) is 29.2 Å². The number of rotatable bonds is 16. The molecule has 0 saturated heterocycles. The number of hydrogen-bond donors (Lipinski definition) is 7. The number of benzene rings is 3. The molecule has 4 unspecified atom stereocenters. The van der Waals surface area contributed by atoms with Crippen molar-refractivity contribution in [3.63, 3.8) is 0 Å². The van der Waals surface area contributed by atoms with Gasteiger partial charge in [-0.2, -0.15) is 5.26 Å². The molecule has 4 atom stereocenters. The van der Waals surface area contributed by atoms with Crippen molar-refractivity contribution in [3.8, 4) is 40.1 Å². The Morgan fingerprint density at radius 1 is 0.851 bits per heavy atom. The Kier molecular flexibility index (Phi) is 17.0. The van der Waals surface area contributed by atoms with E-state index in [1.54, 1.807) is 50.2 Å². The summed E-state index contributed by atoms with van der Waals surface area (Å²) >= 11 is 0. The summed E-state index contributed by atoms with van der Waals surface area (Å²) in [5, 5.41) is 20.0. The highest BCUT2D eigenvalue weighted by molar-refractivity contribution is 6.00. The lowest BCUT2D eigenvalue weighted by molar-refractivity contribution is -0.141. The van der Waals surface area contributed by atoms with Gasteiger partial charge in [-0.15, -0.1) is 0 Å². The van der Waals surface area contributed by atoms with Crippen LogP contribution in [-0.2, 0) is 25.6 Å². The molecule has 1 aliphatic carbocycles. The second-order valence-electron chi connectivity index (χ2n) is 16.9. The standard InChI is InChI=1S/C49H61N11O7/c1-28-42(29(2)56-44(55-28)34-12-10-33(11-13-34)32-7-5-6-8-32)47(63)58-38(17-18-50)49(65)60(4)43-35-14-16-41(67-24-21-53)37(27-35)36-25-31(9-15-40(36)66-23-20-52)26-39(46(62)54-22-19-51)59-45(61)30(3)57-48(43)64/h9-16,25,27,30,32,38-39,43H,5-8,17-18,20-24,26,50,52-53H2,1-4H3,(H,54,62)(H,57,64)(H,58,63)(H,59,61). The van der Waals surface area contributed by atoms with Crippen molar-refractivity contribution in [2.75, 3.05) is 46.4 Å². The quantitative estimate of drug-likeness (QED) is 0.0798. The number of amides is 5. The van der Waals surface area contributed by atoms with Gasteiger partial charge in [-0.05, 0) is 93.5 Å². The number of nitrogens with zero attached hydrogens (tertiary/aromatic N) is 4. The minimum atomic E-state index is -1.40. The van der Waals surface area contributed by atoms with Crippen LogP contribution in [-0.4, -0.2) is 109 Å². The van der Waals surface area contributed by atoms with Crippen LogP contribution in [0.1, 0.15) is 89.4 Å². The lowest BCUT2D eigenvalue weighted by atomic mass is 9.93. The molecule has 1 fully saturated rings. The van der Waals surface area contributed by atoms with E-state index in [2.05, 4.69) is 33.4 Å². The molecule has 0 radical (unpaired) electrons. The third-order valence-corrected chi connectivity index (χ3v) is 12.1. The smallest absolute Gasteiger partial charge is 0.255 e. The normalized spacial score (nSPS) is 17.8. The van der Waals surface area contributed by atoms with Crippen molar-refractivity contribution in [2.45, 2.75) is 89.4 Å². The zero-order valence-corrected chi connectivity index (χ0v) is 38.5. The van der Waals surface area contributed by atoms with Gasteiger partial charge in [0.2, 0.25) is 23.6 Å². The van der Waals surface area contributed by atoms with Gasteiger partial charge >= 0.3 is 0 Å². The molecule has 18 nitrogen and oxygen atoms in total. The first-order valence-corrected chi connectivity index (χ1v) is 22.7. The van der Waals surface area contributed by atoms with Gasteiger partial charge in [-0.25, -0.2) is 9.97 Å². The topological polar surface area (TPSA) is 283 Å². The summed E-state index contributed by atoms with van der Waals surface area (Å²) in [6.07, 6.45) is 4.85. The third-order valence-electron chi connectivity index (χ3n) is 12.1. The zero-order valence-electron chi connectivity index (χ0n) is 38.5. The monoisotopic (exact) mass is 915 g/mol. The highest BCUT2D eigenvalue weighted by atomic mass is 16.5. The molecule has 10 N–H and O–H groups in total. The predicted octanol–water partition coefficient (Wildman–Crippen LogP) is 2.59. The van der Waals surface area contributed by atoms with Crippen LogP contribution in [0.3, 0.4) is 0 Å². The van der Waals surface area contributed by atoms with Crippen LogP contribution in [0.5, 0.6) is 11.5 Å². The molecule has 18 heteroatoms. The van der Waals surface area contributed by atoms with E-state index in [0.29, 0.717) is 56.9 Å². The van der Waals surface area contributed by atoms with Crippen LogP contribution < -0.4 is 47.9 Å². The van der Waals surface area contributed by atoms with Crippen molar-refractivity contribution in [1.29, 1.82) is 5.26 Å². The number of carbonyl (C=O) groups is 5. The molecule has 2 aliphatic rings. The molecule has 5 amide bonds. The largest absolute Gasteiger partial charge is 0.492 e. The number of nitrogens with two attached hydrogens (primary N) is 3. The molecule has 1 aromatic heterocycles. The lowest BCUT2D eigenvalue weighted by Gasteiger charge is -2.32. The van der Waals surface area contributed by atoms with Gasteiger partial charge in [0.15, 0.2) is 5.82 Å². The first-order valence-electron chi connectivity index (χ1n) is 22.7. The number of aryl methyl sites for hydroxylation is 2. The van der Waals surface area contributed by atoms with E-state index in [4.69, 9.17) is 36.6 Å². The Labute approximate surface area is 390 Å². The summed E-state index contributed by atoms with van der Waals surface area (Å²) in [4.78, 5) is 81.2. The second-order valence-corrected chi connectivity index (χ2v) is 16.9. The van der Waals surface area contributed by atoms with Crippen molar-refractivity contribution in [1.82, 2.24) is 36.1 Å². The molecule has 6 rings (SSSR count). The maximum Gasteiger partial charge on any atom is 0.255 e. The molecular weight excluding hydrogens is 855 g/mol. The van der Waals surface area contributed by atoms with Gasteiger partial charge in [0.1, 0.15) is 55.4 Å². The van der Waals surface area contributed by atoms with Crippen LogP contribution >= 0.6 is 0 Å². The summed E-state index contributed by atoms with van der Waals surface area (Å²) in [6.45, 7) is 5.25. The maximum absolute atomic E-state index is 14.7. The molecule has 4 bridgehead atoms. The fraction of sp³-hybridized carbons (Fsp3) is 0.429. The molecule has 2 heterocycles. The summed E-state index contributed by atoms with van der Waals surface area (Å²) in [6, 6.07) is 15.3. The Balaban J connectivity index is 1.37. The van der Waals surface area contributed by atoms with Crippen molar-refractivity contribution in [3.05, 3.63) is 94.3 Å². The number of hydrogen-bond acceptors (Lipinski definition) is 13. The molecular formula is C49H61N11O7. The molecule has 354 valence electrons. The SMILES string of the molecule is Cc1nc(-c2ccc(C3CCCC3)cc2)nc(C)c1C(=O)NC(CCN)C(=O)N(C)C1C(=O)NC(C)C(=O)NC(C(=O)NCC#N)Cc2ccc(OCCN)c(c2)-c2cc1ccc2OCCN. The summed E-state index contributed by atoms with van der Waals surface area (Å²) in [7, 11) is 1.42. The number of likely N-dealkylation sites (N-methyl/N-ethyl adjacent to an activating group) is 1. The number of fused-ring (bicyclic) bond motifs is 5. The molecule has 3 aromatic carbocycles. The summed E-state index contributed by atoms with van der Waals surface area (Å²) < 4.78 is 12.2. The van der Waals surface area contributed by atoms with Gasteiger partial charge in [0.05, 0.1) is 23.0 Å². The number of nitrogens with one attached hydrogen (secondary N) is 4. The molecule has 4 aromatic rings. The van der Waals surface area contributed by atoms with Crippen LogP contribution in [0.2, 0.25) is 0 Å². The number of ether oxygens (including phenoxy) is 2. The van der Waals surface area contributed by atoms with Crippen LogP contribution in [0.15, 0.2) is 60.7 Å². The molecule has 1 saturated carbocycles. The van der Waals surface area contributed by atoms with Gasteiger partial charge in [-0.1, -0.05) is 49.2 Å². The van der Waals surface area contributed by atoms with Crippen LogP contribution in [0.4, 0.5) is 0 Å². The minimum absolute atomic E-state index is 0.00406. The number of aromatic nitrogens is 2. The number of carbonyl (C=O) groups excluding carboxylic acids is 5. The predicted molar refractivity (Wildman–Crippen MR) is 251 cm³/mol. The summed E-state index contributed by atoms with van der Waals surface area (Å²) in [5.41, 5.74) is 22.8. The fourth-order valence-corrected chi connectivity index (χ4v) is 8.70. The van der Waals surface area contributed by atoms with E-state index in [1.807, 2.05) is 18.2 Å². The van der Waals surface area contributed by atoms with E-state index in [0.717, 1.165) is 5.56 Å². The first-order chi connectivity index (χ1) is 32.3.